The molecule has 0 aliphatic carbocycles. The zero-order chi connectivity index (χ0) is 57.0. The second kappa shape index (κ2) is 24.6. The van der Waals surface area contributed by atoms with Gasteiger partial charge in [0.2, 0.25) is 0 Å². The van der Waals surface area contributed by atoms with E-state index in [-0.39, 0.29) is 11.0 Å². The monoisotopic (exact) mass is 1210 g/mol. The van der Waals surface area contributed by atoms with E-state index in [1.807, 2.05) is 0 Å². The fraction of sp³-hybridized carbons (Fsp3) is 0.342. The van der Waals surface area contributed by atoms with E-state index < -0.39 is 33.1 Å². The Labute approximate surface area is 497 Å². The summed E-state index contributed by atoms with van der Waals surface area (Å²) in [5.74, 6) is 2.73. The molecule has 1 atom stereocenters. The molecule has 0 bridgehead atoms. The van der Waals surface area contributed by atoms with E-state index in [0.29, 0.717) is 11.8 Å². The Balaban J connectivity index is 0.992. The fourth-order valence-electron chi connectivity index (χ4n) is 14.1. The molecule has 1 spiro atoms. The normalized spacial score (nSPS) is 16.3. The van der Waals surface area contributed by atoms with Crippen LogP contribution in [0.2, 0.25) is 10.4 Å². The summed E-state index contributed by atoms with van der Waals surface area (Å²) in [4.78, 5) is 0. The van der Waals surface area contributed by atoms with Crippen LogP contribution < -0.4 is 35.6 Å². The molecule has 3 aliphatic rings. The number of hydrogen-bond acceptors (Lipinski definition) is 2. The standard InChI is InChI=1S/C76H88As2N2O2/c1-9-11-33-59(34-12-10-2)62-53-64-56-80-75(7,8)57-79-55-63-52-61(51-58(3)72(63)81-76(79,80)82-73(64)71(54-62)74(4,5)6)60(35-31-49-77(65-37-19-13-20-38-65,66-39-21-14-22-40-66)67-41-23-15-24-42-67)36-32-50-78(68-43-25-16-26-44-68,69-45-27-17-28-46-69)70-47-29-18-30-48-70/h13-30,37-48,51-56,59-60H,9-12,31-36,49-50,57H2,1-8H3/q+2. The summed E-state index contributed by atoms with van der Waals surface area (Å²) in [5, 5.41) is 2.30. The molecule has 0 amide bonds. The van der Waals surface area contributed by atoms with Crippen LogP contribution in [0.5, 0.6) is 11.5 Å². The number of nitrogens with zero attached hydrogens (tertiary/aromatic N) is 2. The van der Waals surface area contributed by atoms with Crippen molar-refractivity contribution in [3.8, 4) is 11.5 Å². The zero-order valence-electron chi connectivity index (χ0n) is 50.2. The fourth-order valence-corrected chi connectivity index (χ4v) is 32.4. The first-order valence-electron chi connectivity index (χ1n) is 30.9. The van der Waals surface area contributed by atoms with Crippen molar-refractivity contribution in [3.05, 3.63) is 240 Å². The van der Waals surface area contributed by atoms with Crippen LogP contribution in [0.25, 0.3) is 0 Å². The predicted octanol–water partition coefficient (Wildman–Crippen LogP) is 14.5. The van der Waals surface area contributed by atoms with Crippen molar-refractivity contribution in [1.82, 2.24) is 0 Å². The van der Waals surface area contributed by atoms with Gasteiger partial charge in [0.25, 0.3) is 0 Å². The molecule has 11 rings (SSSR count). The molecule has 4 nitrogen and oxygen atoms in total. The molecule has 1 fully saturated rings. The Hall–Kier alpha value is -6.18. The molecule has 0 saturated carbocycles. The molecule has 6 heteroatoms. The van der Waals surface area contributed by atoms with Gasteiger partial charge >= 0.3 is 387 Å². The Morgan fingerprint density at radius 2 is 0.817 bits per heavy atom. The van der Waals surface area contributed by atoms with Gasteiger partial charge in [0.1, 0.15) is 0 Å². The van der Waals surface area contributed by atoms with E-state index >= 15 is 0 Å². The summed E-state index contributed by atoms with van der Waals surface area (Å²) in [6, 6.07) is 78.1. The summed E-state index contributed by atoms with van der Waals surface area (Å²) >= 11 is -5.97. The summed E-state index contributed by atoms with van der Waals surface area (Å²) in [6.07, 6.45) is 16.6. The summed E-state index contributed by atoms with van der Waals surface area (Å²) < 4.78 is 29.0. The molecule has 3 aliphatic heterocycles. The molecular weight excluding hydrogens is 1120 g/mol. The summed E-state index contributed by atoms with van der Waals surface area (Å²) in [6.45, 7) is 19.4. The van der Waals surface area contributed by atoms with Crippen LogP contribution >= 0.6 is 0 Å². The maximum absolute atomic E-state index is 7.59. The molecule has 3 heterocycles. The minimum absolute atomic E-state index is 0.139. The molecule has 2 radical (unpaired) electrons. The van der Waals surface area contributed by atoms with Crippen LogP contribution in [0, 0.1) is 6.92 Å². The number of rotatable bonds is 22. The second-order valence-electron chi connectivity index (χ2n) is 25.4. The van der Waals surface area contributed by atoms with E-state index in [4.69, 9.17) is 9.47 Å². The van der Waals surface area contributed by atoms with Crippen LogP contribution in [0.4, 0.5) is 0 Å². The first-order chi connectivity index (χ1) is 39.8. The molecule has 0 aromatic heterocycles. The van der Waals surface area contributed by atoms with Gasteiger partial charge in [0.15, 0.2) is 0 Å². The van der Waals surface area contributed by atoms with E-state index in [0.717, 1.165) is 65.3 Å². The van der Waals surface area contributed by atoms with Gasteiger partial charge in [-0.15, -0.1) is 0 Å². The predicted molar refractivity (Wildman–Crippen MR) is 351 cm³/mol. The number of aryl methyl sites for hydroxylation is 1. The molecule has 82 heavy (non-hydrogen) atoms. The quantitative estimate of drug-likeness (QED) is 0.0499. The van der Waals surface area contributed by atoms with Crippen LogP contribution in [0.1, 0.15) is 158 Å². The average molecular weight is 1210 g/mol. The van der Waals surface area contributed by atoms with Gasteiger partial charge in [0, 0.05) is 5.56 Å². The number of benzene rings is 8. The molecule has 8 aromatic carbocycles. The first kappa shape index (κ1) is 57.6. The summed E-state index contributed by atoms with van der Waals surface area (Å²) in [5.41, 5.74) is 7.19. The van der Waals surface area contributed by atoms with Gasteiger partial charge in [-0.3, -0.25) is 0 Å². The van der Waals surface area contributed by atoms with Crippen molar-refractivity contribution in [2.24, 2.45) is 0 Å². The average Bonchev–Trinajstić information content (AvgIpc) is 1.88. The Morgan fingerprint density at radius 1 is 0.463 bits per heavy atom. The van der Waals surface area contributed by atoms with Crippen molar-refractivity contribution in [2.75, 3.05) is 6.54 Å². The first-order valence-corrected chi connectivity index (χ1v) is 39.2. The van der Waals surface area contributed by atoms with Crippen molar-refractivity contribution in [3.63, 3.8) is 0 Å². The van der Waals surface area contributed by atoms with E-state index in [1.54, 1.807) is 0 Å². The molecular formula is C76H88As2N2O2+2. The van der Waals surface area contributed by atoms with Crippen molar-refractivity contribution >= 4 is 65.6 Å². The summed E-state index contributed by atoms with van der Waals surface area (Å²) in [7, 11) is 0. The van der Waals surface area contributed by atoms with Gasteiger partial charge < -0.3 is 0 Å². The van der Waals surface area contributed by atoms with Crippen LogP contribution in [-0.2, 0) is 5.41 Å². The zero-order valence-corrected chi connectivity index (χ0v) is 54.0. The van der Waals surface area contributed by atoms with E-state index in [2.05, 4.69) is 283 Å². The molecule has 422 valence electrons. The maximum atomic E-state index is 7.59. The third-order valence-corrected chi connectivity index (χ3v) is 37.2. The van der Waals surface area contributed by atoms with E-state index in [9.17, 15) is 0 Å². The third-order valence-electron chi connectivity index (χ3n) is 18.2. The van der Waals surface area contributed by atoms with Gasteiger partial charge in [-0.1, -0.05) is 66.4 Å². The Kier molecular flexibility index (Phi) is 17.3. The van der Waals surface area contributed by atoms with Crippen molar-refractivity contribution < 1.29 is 18.6 Å². The van der Waals surface area contributed by atoms with Crippen LogP contribution in [0.15, 0.2) is 206 Å². The number of fused-ring (bicyclic) bond motifs is 2. The number of ether oxygens (including phenoxy) is 2. The molecule has 0 N–H and O–H groups in total. The van der Waals surface area contributed by atoms with Gasteiger partial charge in [-0.25, -0.2) is 0 Å². The topological polar surface area (TPSA) is 24.5 Å². The van der Waals surface area contributed by atoms with Crippen molar-refractivity contribution in [2.45, 2.75) is 159 Å². The number of hydrogen-bond donors (Lipinski definition) is 0. The van der Waals surface area contributed by atoms with Crippen LogP contribution in [0.3, 0.4) is 0 Å². The Bertz CT molecular complexity index is 3170. The van der Waals surface area contributed by atoms with Gasteiger partial charge in [-0.2, -0.15) is 0 Å². The van der Waals surface area contributed by atoms with Crippen LogP contribution in [-0.4, -0.2) is 66.8 Å². The SMILES string of the molecule is CCCCC(CCCC)c1cc2c(c(C(C)(C)C)c1)OC13Oc4c(C)cc(C(CCC[As](c5ccccc5)(c5ccccc5)c5ccccc5)CCC[As](c5ccccc5)(c5ccccc5)c5ccccc5)cc4C=[N+]1CC(C)(C)[N+]3=C2. The van der Waals surface area contributed by atoms with Crippen molar-refractivity contribution in [1.29, 1.82) is 0 Å². The van der Waals surface area contributed by atoms with Gasteiger partial charge in [-0.05, 0) is 35.8 Å². The minimum atomic E-state index is -2.98. The molecule has 1 unspecified atom stereocenters. The van der Waals surface area contributed by atoms with E-state index in [1.165, 1.54) is 86.9 Å². The third kappa shape index (κ3) is 11.2. The van der Waals surface area contributed by atoms with Gasteiger partial charge in [0.05, 0.1) is 5.56 Å². The molecule has 8 aromatic rings. The number of unbranched alkanes of at least 4 members (excludes halogenated alkanes) is 2. The Morgan fingerprint density at radius 3 is 1.20 bits per heavy atom. The second-order valence-corrected chi connectivity index (χ2v) is 40.5. The molecule has 1 saturated heterocycles.